The lowest BCUT2D eigenvalue weighted by Gasteiger charge is -2.22. The quantitative estimate of drug-likeness (QED) is 0.653. The molecule has 29 heavy (non-hydrogen) atoms. The van der Waals surface area contributed by atoms with Crippen molar-refractivity contribution in [1.29, 1.82) is 0 Å². The minimum absolute atomic E-state index is 0.109. The molecule has 0 spiro atoms. The zero-order valence-corrected chi connectivity index (χ0v) is 19.0. The molecule has 0 aliphatic rings. The number of amides is 3. The summed E-state index contributed by atoms with van der Waals surface area (Å²) < 4.78 is 7.61. The largest absolute Gasteiger partial charge is 0.383 e. The zero-order chi connectivity index (χ0) is 21.6. The van der Waals surface area contributed by atoms with Crippen molar-refractivity contribution in [2.24, 2.45) is 7.05 Å². The van der Waals surface area contributed by atoms with Crippen molar-refractivity contribution >= 4 is 39.4 Å². The van der Waals surface area contributed by atoms with E-state index >= 15 is 0 Å². The fourth-order valence-electron chi connectivity index (χ4n) is 2.50. The van der Waals surface area contributed by atoms with Gasteiger partial charge in [0.2, 0.25) is 5.91 Å². The second kappa shape index (κ2) is 9.89. The lowest BCUT2D eigenvalue weighted by molar-refractivity contribution is -0.116. The van der Waals surface area contributed by atoms with Gasteiger partial charge in [-0.25, -0.2) is 4.79 Å². The van der Waals surface area contributed by atoms with Crippen LogP contribution in [0.3, 0.4) is 0 Å². The summed E-state index contributed by atoms with van der Waals surface area (Å²) in [5.74, 6) is 0.274. The van der Waals surface area contributed by atoms with E-state index in [1.807, 2.05) is 18.2 Å². The van der Waals surface area contributed by atoms with Gasteiger partial charge in [0.1, 0.15) is 12.4 Å². The van der Waals surface area contributed by atoms with E-state index in [-0.39, 0.29) is 30.4 Å². The molecule has 0 radical (unpaired) electrons. The number of carbonyl (C=O) groups is 2. The molecule has 1 heterocycles. The van der Waals surface area contributed by atoms with E-state index in [0.717, 1.165) is 10.2 Å². The Hall–Kier alpha value is -2.39. The second-order valence-electron chi connectivity index (χ2n) is 7.69. The molecule has 2 N–H and O–H groups in total. The summed E-state index contributed by atoms with van der Waals surface area (Å²) >= 11 is 3.36. The van der Waals surface area contributed by atoms with Gasteiger partial charge in [0, 0.05) is 42.3 Å². The van der Waals surface area contributed by atoms with Gasteiger partial charge in [-0.2, -0.15) is 5.10 Å². The number of aromatic nitrogens is 2. The Balaban J connectivity index is 2.05. The molecule has 0 atom stereocenters. The number of hydrogen-bond acceptors (Lipinski definition) is 4. The van der Waals surface area contributed by atoms with E-state index in [1.54, 1.807) is 31.0 Å². The average Bonchev–Trinajstić information content (AvgIpc) is 3.01. The standard InChI is InChI=1S/C20H28BrN5O3/c1-20(2,3)16-12-17(25(4)24-16)23-18(27)13-26(10-11-29-5)19(28)22-15-8-6-14(21)7-9-15/h6-9,12H,10-11,13H2,1-5H3,(H,22,28)(H,23,27). The van der Waals surface area contributed by atoms with Crippen LogP contribution in [0.25, 0.3) is 0 Å². The number of rotatable bonds is 7. The molecule has 0 saturated heterocycles. The smallest absolute Gasteiger partial charge is 0.322 e. The van der Waals surface area contributed by atoms with E-state index in [4.69, 9.17) is 4.74 Å². The maximum absolute atomic E-state index is 12.6. The molecule has 158 valence electrons. The molecule has 1 aromatic carbocycles. The number of halogens is 1. The Kier molecular flexibility index (Phi) is 7.80. The van der Waals surface area contributed by atoms with Gasteiger partial charge >= 0.3 is 6.03 Å². The van der Waals surface area contributed by atoms with E-state index in [0.29, 0.717) is 18.1 Å². The van der Waals surface area contributed by atoms with Crippen LogP contribution in [0, 0.1) is 0 Å². The Labute approximate surface area is 179 Å². The third-order valence-corrected chi connectivity index (χ3v) is 4.73. The molecule has 0 aliphatic heterocycles. The number of carbonyl (C=O) groups excluding carboxylic acids is 2. The highest BCUT2D eigenvalue weighted by Gasteiger charge is 2.21. The van der Waals surface area contributed by atoms with Gasteiger partial charge in [-0.05, 0) is 24.3 Å². The number of ether oxygens (including phenoxy) is 1. The number of methoxy groups -OCH3 is 1. The maximum atomic E-state index is 12.6. The summed E-state index contributed by atoms with van der Waals surface area (Å²) in [7, 11) is 3.32. The van der Waals surface area contributed by atoms with Crippen LogP contribution in [0.4, 0.5) is 16.3 Å². The van der Waals surface area contributed by atoms with Crippen molar-refractivity contribution in [3.8, 4) is 0 Å². The fourth-order valence-corrected chi connectivity index (χ4v) is 2.76. The molecule has 0 saturated carbocycles. The summed E-state index contributed by atoms with van der Waals surface area (Å²) in [6.07, 6.45) is 0. The van der Waals surface area contributed by atoms with E-state index in [1.165, 1.54) is 4.90 Å². The number of urea groups is 1. The Bertz CT molecular complexity index is 843. The highest BCUT2D eigenvalue weighted by molar-refractivity contribution is 9.10. The minimum atomic E-state index is -0.375. The molecule has 0 fully saturated rings. The van der Waals surface area contributed by atoms with Gasteiger partial charge in [-0.1, -0.05) is 36.7 Å². The molecule has 2 rings (SSSR count). The predicted molar refractivity (Wildman–Crippen MR) is 117 cm³/mol. The third kappa shape index (κ3) is 6.86. The molecule has 0 unspecified atom stereocenters. The maximum Gasteiger partial charge on any atom is 0.322 e. The number of anilines is 2. The summed E-state index contributed by atoms with van der Waals surface area (Å²) in [6, 6.07) is 8.69. The SMILES string of the molecule is COCCN(CC(=O)Nc1cc(C(C)(C)C)nn1C)C(=O)Nc1ccc(Br)cc1. The number of nitrogens with zero attached hydrogens (tertiary/aromatic N) is 3. The van der Waals surface area contributed by atoms with Crippen molar-refractivity contribution in [3.05, 3.63) is 40.5 Å². The molecule has 8 nitrogen and oxygen atoms in total. The Morgan fingerprint density at radius 2 is 1.86 bits per heavy atom. The van der Waals surface area contributed by atoms with Crippen molar-refractivity contribution in [3.63, 3.8) is 0 Å². The second-order valence-corrected chi connectivity index (χ2v) is 8.60. The number of benzene rings is 1. The van der Waals surface area contributed by atoms with E-state index < -0.39 is 0 Å². The van der Waals surface area contributed by atoms with Crippen molar-refractivity contribution in [2.45, 2.75) is 26.2 Å². The summed E-state index contributed by atoms with van der Waals surface area (Å²) in [4.78, 5) is 26.6. The summed E-state index contributed by atoms with van der Waals surface area (Å²) in [5.41, 5.74) is 1.39. The van der Waals surface area contributed by atoms with Crippen LogP contribution in [0.1, 0.15) is 26.5 Å². The number of aryl methyl sites for hydroxylation is 1. The molecule has 2 aromatic rings. The van der Waals surface area contributed by atoms with Crippen LogP contribution in [-0.2, 0) is 22.0 Å². The lowest BCUT2D eigenvalue weighted by Crippen LogP contribution is -2.42. The van der Waals surface area contributed by atoms with Gasteiger partial charge < -0.3 is 20.3 Å². The molecule has 9 heteroatoms. The highest BCUT2D eigenvalue weighted by atomic mass is 79.9. The van der Waals surface area contributed by atoms with Crippen molar-refractivity contribution in [2.75, 3.05) is 37.4 Å². The molecular formula is C20H28BrN5O3. The Morgan fingerprint density at radius 3 is 2.41 bits per heavy atom. The van der Waals surface area contributed by atoms with Crippen LogP contribution >= 0.6 is 15.9 Å². The first-order chi connectivity index (χ1) is 13.6. The molecular weight excluding hydrogens is 438 g/mol. The number of nitrogens with one attached hydrogen (secondary N) is 2. The van der Waals surface area contributed by atoms with Gasteiger partial charge in [0.15, 0.2) is 0 Å². The Morgan fingerprint density at radius 1 is 1.21 bits per heavy atom. The van der Waals surface area contributed by atoms with E-state index in [2.05, 4.69) is 52.4 Å². The lowest BCUT2D eigenvalue weighted by atomic mass is 9.92. The van der Waals surface area contributed by atoms with Crippen LogP contribution in [0.5, 0.6) is 0 Å². The number of hydrogen-bond donors (Lipinski definition) is 2. The first kappa shape index (κ1) is 22.9. The predicted octanol–water partition coefficient (Wildman–Crippen LogP) is 3.60. The molecule has 3 amide bonds. The molecule has 1 aromatic heterocycles. The molecule has 0 bridgehead atoms. The van der Waals surface area contributed by atoms with Crippen molar-refractivity contribution < 1.29 is 14.3 Å². The van der Waals surface area contributed by atoms with Gasteiger partial charge in [0.25, 0.3) is 0 Å². The first-order valence-corrected chi connectivity index (χ1v) is 10.0. The van der Waals surface area contributed by atoms with Gasteiger partial charge in [-0.3, -0.25) is 9.48 Å². The van der Waals surface area contributed by atoms with Crippen LogP contribution in [-0.4, -0.2) is 53.4 Å². The summed E-state index contributed by atoms with van der Waals surface area (Å²) in [6.45, 7) is 6.66. The molecule has 0 aliphatic carbocycles. The summed E-state index contributed by atoms with van der Waals surface area (Å²) in [5, 5.41) is 10.1. The van der Waals surface area contributed by atoms with Crippen LogP contribution in [0.15, 0.2) is 34.8 Å². The van der Waals surface area contributed by atoms with Crippen LogP contribution < -0.4 is 10.6 Å². The monoisotopic (exact) mass is 465 g/mol. The minimum Gasteiger partial charge on any atom is -0.383 e. The fraction of sp³-hybridized carbons (Fsp3) is 0.450. The van der Waals surface area contributed by atoms with Crippen molar-refractivity contribution in [1.82, 2.24) is 14.7 Å². The van der Waals surface area contributed by atoms with Gasteiger partial charge in [-0.15, -0.1) is 0 Å². The normalized spacial score (nSPS) is 11.2. The van der Waals surface area contributed by atoms with Gasteiger partial charge in [0.05, 0.1) is 12.3 Å². The first-order valence-electron chi connectivity index (χ1n) is 9.25. The zero-order valence-electron chi connectivity index (χ0n) is 17.5. The highest BCUT2D eigenvalue weighted by Crippen LogP contribution is 2.23. The third-order valence-electron chi connectivity index (χ3n) is 4.20. The van der Waals surface area contributed by atoms with E-state index in [9.17, 15) is 9.59 Å². The average molecular weight is 466 g/mol. The topological polar surface area (TPSA) is 88.5 Å². The van der Waals surface area contributed by atoms with Crippen LogP contribution in [0.2, 0.25) is 0 Å².